The van der Waals surface area contributed by atoms with Crippen LogP contribution in [0.4, 0.5) is 5.69 Å². The number of hydrogen-bond acceptors (Lipinski definition) is 7. The van der Waals surface area contributed by atoms with Crippen molar-refractivity contribution in [3.63, 3.8) is 0 Å². The summed E-state index contributed by atoms with van der Waals surface area (Å²) in [6.07, 6.45) is 2.05. The number of anilines is 1. The number of rotatable bonds is 9. The Hall–Kier alpha value is -4.77. The van der Waals surface area contributed by atoms with E-state index in [4.69, 9.17) is 20.9 Å². The molecule has 3 aromatic carbocycles. The van der Waals surface area contributed by atoms with Crippen LogP contribution in [-0.4, -0.2) is 47.9 Å². The number of hydrogen-bond donors (Lipinski definition) is 2. The second-order valence-corrected chi connectivity index (χ2v) is 11.0. The molecule has 11 heteroatoms. The number of nitrogens with one attached hydrogen (secondary N) is 1. The number of benzene rings is 3. The molecule has 10 nitrogen and oxygen atoms in total. The Morgan fingerprint density at radius 3 is 2.55 bits per heavy atom. The number of nitrogens with zero attached hydrogens (tertiary/aromatic N) is 4. The van der Waals surface area contributed by atoms with E-state index in [1.807, 2.05) is 23.7 Å². The Morgan fingerprint density at radius 2 is 1.82 bits per heavy atom. The van der Waals surface area contributed by atoms with Gasteiger partial charge in [-0.3, -0.25) is 19.5 Å². The largest absolute Gasteiger partial charge is 0.465 e. The van der Waals surface area contributed by atoms with Crippen LogP contribution in [0, 0.1) is 5.41 Å². The van der Waals surface area contributed by atoms with Gasteiger partial charge < -0.3 is 15.0 Å². The quantitative estimate of drug-likeness (QED) is 0.160. The molecule has 0 radical (unpaired) electrons. The predicted molar refractivity (Wildman–Crippen MR) is 154 cm³/mol. The smallest absolute Gasteiger partial charge is 0.326 e. The molecule has 0 aliphatic carbocycles. The lowest BCUT2D eigenvalue weighted by Crippen LogP contribution is -2.36. The molecule has 0 fully saturated rings. The minimum atomic E-state index is -4.22. The summed E-state index contributed by atoms with van der Waals surface area (Å²) in [4.78, 5) is 21.6. The van der Waals surface area contributed by atoms with Gasteiger partial charge in [-0.25, -0.2) is 13.4 Å². The fourth-order valence-electron chi connectivity index (χ4n) is 4.58. The number of pyridine rings is 1. The maximum absolute atomic E-state index is 14.0. The van der Waals surface area contributed by atoms with Gasteiger partial charge in [0.1, 0.15) is 23.1 Å². The fraction of sp³-hybridized carbons (Fsp3) is 0.172. The van der Waals surface area contributed by atoms with Crippen LogP contribution in [0.25, 0.3) is 21.9 Å². The van der Waals surface area contributed by atoms with E-state index in [-0.39, 0.29) is 23.0 Å². The Bertz CT molecular complexity index is 1840. The molecule has 0 saturated heterocycles. The number of esters is 1. The molecule has 0 bridgehead atoms. The zero-order valence-corrected chi connectivity index (χ0v) is 22.9. The minimum Gasteiger partial charge on any atom is -0.465 e. The molecular formula is C29H28N6O4S. The molecule has 40 heavy (non-hydrogen) atoms. The van der Waals surface area contributed by atoms with Gasteiger partial charge in [-0.2, -0.15) is 0 Å². The number of aryl methyl sites for hydroxylation is 1. The van der Waals surface area contributed by atoms with Crippen LogP contribution in [0.15, 0.2) is 83.9 Å². The average molecular weight is 557 g/mol. The van der Waals surface area contributed by atoms with E-state index in [0.717, 1.165) is 21.2 Å². The average Bonchev–Trinajstić information content (AvgIpc) is 3.25. The molecule has 0 unspecified atom stereocenters. The monoisotopic (exact) mass is 556 g/mol. The highest BCUT2D eigenvalue weighted by molar-refractivity contribution is 7.93. The highest BCUT2D eigenvalue weighted by Gasteiger charge is 2.30. The Balaban J connectivity index is 1.56. The number of para-hydroxylation sites is 1. The number of sulfonamides is 1. The van der Waals surface area contributed by atoms with Crippen molar-refractivity contribution in [3.8, 4) is 0 Å². The van der Waals surface area contributed by atoms with Crippen molar-refractivity contribution in [1.29, 1.82) is 5.41 Å². The van der Waals surface area contributed by atoms with Gasteiger partial charge in [0.05, 0.1) is 28.8 Å². The summed E-state index contributed by atoms with van der Waals surface area (Å²) in [5.41, 5.74) is 9.17. The molecule has 0 atom stereocenters. The minimum absolute atomic E-state index is 0.00316. The van der Waals surface area contributed by atoms with Crippen molar-refractivity contribution in [2.45, 2.75) is 18.2 Å². The fourth-order valence-corrected chi connectivity index (χ4v) is 6.15. The van der Waals surface area contributed by atoms with Gasteiger partial charge in [-0.05, 0) is 42.8 Å². The molecule has 204 valence electrons. The van der Waals surface area contributed by atoms with E-state index in [1.165, 1.54) is 12.3 Å². The van der Waals surface area contributed by atoms with Gasteiger partial charge in [-0.1, -0.05) is 42.5 Å². The summed E-state index contributed by atoms with van der Waals surface area (Å²) in [6.45, 7) is 1.28. The molecule has 0 spiro atoms. The van der Waals surface area contributed by atoms with Crippen molar-refractivity contribution >= 4 is 49.5 Å². The van der Waals surface area contributed by atoms with E-state index in [9.17, 15) is 13.2 Å². The molecule has 5 rings (SSSR count). The van der Waals surface area contributed by atoms with Crippen molar-refractivity contribution < 1.29 is 17.9 Å². The number of ether oxygens (including phenoxy) is 1. The van der Waals surface area contributed by atoms with E-state index < -0.39 is 22.5 Å². The molecule has 2 heterocycles. The van der Waals surface area contributed by atoms with Crippen molar-refractivity contribution in [2.75, 3.05) is 17.5 Å². The number of carbonyl (C=O) groups excluding carboxylic acids is 1. The van der Waals surface area contributed by atoms with Gasteiger partial charge in [-0.15, -0.1) is 0 Å². The first-order chi connectivity index (χ1) is 19.2. The van der Waals surface area contributed by atoms with Crippen LogP contribution < -0.4 is 10.0 Å². The van der Waals surface area contributed by atoms with Crippen LogP contribution in [0.2, 0.25) is 0 Å². The first kappa shape index (κ1) is 26.8. The van der Waals surface area contributed by atoms with Crippen LogP contribution in [0.3, 0.4) is 0 Å². The molecule has 0 saturated carbocycles. The number of aromatic nitrogens is 3. The Labute approximate surface area is 231 Å². The maximum atomic E-state index is 14.0. The van der Waals surface area contributed by atoms with Crippen LogP contribution in [0.1, 0.15) is 23.9 Å². The topological polar surface area (TPSA) is 144 Å². The summed E-state index contributed by atoms with van der Waals surface area (Å²) < 4.78 is 36.2. The van der Waals surface area contributed by atoms with Crippen LogP contribution >= 0.6 is 0 Å². The van der Waals surface area contributed by atoms with Crippen molar-refractivity contribution in [3.05, 3.63) is 95.9 Å². The number of fused-ring (bicyclic) bond motifs is 2. The van der Waals surface area contributed by atoms with Crippen LogP contribution in [0.5, 0.6) is 0 Å². The second kappa shape index (κ2) is 10.8. The van der Waals surface area contributed by atoms with Crippen LogP contribution in [-0.2, 0) is 33.0 Å². The molecular weight excluding hydrogens is 528 g/mol. The number of nitrogen functional groups attached to an aromatic ring is 1. The third-order valence-corrected chi connectivity index (χ3v) is 8.42. The number of amidine groups is 1. The molecule has 2 aromatic heterocycles. The standard InChI is InChI=1S/C29H28N6O4S/c1-3-39-27(36)18-35(40(37,38)25-8-4-6-20-7-5-15-32-28(20)25)22-13-14-24-23(17-22)33-26(34(24)2)16-19-9-11-21(12-10-19)29(30)31/h4-15,17H,3,16,18H2,1-2H3,(H3,30,31). The SMILES string of the molecule is CCOC(=O)CN(c1ccc2c(c1)nc(Cc1ccc(C(=N)N)cc1)n2C)S(=O)(=O)c1cccc2cccnc12. The van der Waals surface area contributed by atoms with E-state index >= 15 is 0 Å². The lowest BCUT2D eigenvalue weighted by Gasteiger charge is -2.24. The van der Waals surface area contributed by atoms with Gasteiger partial charge in [0.15, 0.2) is 0 Å². The third kappa shape index (κ3) is 5.10. The summed E-state index contributed by atoms with van der Waals surface area (Å²) in [6, 6.07) is 20.9. The zero-order chi connectivity index (χ0) is 28.4. The Morgan fingerprint density at radius 1 is 1.07 bits per heavy atom. The molecule has 0 amide bonds. The van der Waals surface area contributed by atoms with Gasteiger partial charge in [0.2, 0.25) is 0 Å². The molecule has 0 aliphatic heterocycles. The lowest BCUT2D eigenvalue weighted by atomic mass is 10.1. The first-order valence-corrected chi connectivity index (χ1v) is 14.0. The van der Waals surface area contributed by atoms with Crippen molar-refractivity contribution in [1.82, 2.24) is 14.5 Å². The summed E-state index contributed by atoms with van der Waals surface area (Å²) >= 11 is 0. The molecule has 0 aliphatic rings. The number of imidazole rings is 1. The summed E-state index contributed by atoms with van der Waals surface area (Å²) in [7, 11) is -2.33. The number of carbonyl (C=O) groups is 1. The third-order valence-electron chi connectivity index (χ3n) is 6.61. The number of nitrogens with two attached hydrogens (primary N) is 1. The predicted octanol–water partition coefficient (Wildman–Crippen LogP) is 3.75. The summed E-state index contributed by atoms with van der Waals surface area (Å²) in [5.74, 6) is 0.0966. The van der Waals surface area contributed by atoms with E-state index in [2.05, 4.69) is 4.98 Å². The summed E-state index contributed by atoms with van der Waals surface area (Å²) in [5, 5.41) is 8.24. The molecule has 5 aromatic rings. The highest BCUT2D eigenvalue weighted by Crippen LogP contribution is 2.30. The maximum Gasteiger partial charge on any atom is 0.326 e. The highest BCUT2D eigenvalue weighted by atomic mass is 32.2. The van der Waals surface area contributed by atoms with Gasteiger partial charge in [0, 0.05) is 30.6 Å². The first-order valence-electron chi connectivity index (χ1n) is 12.6. The van der Waals surface area contributed by atoms with E-state index in [1.54, 1.807) is 61.5 Å². The molecule has 3 N–H and O–H groups in total. The normalized spacial score (nSPS) is 11.6. The Kier molecular flexibility index (Phi) is 7.22. The van der Waals surface area contributed by atoms with Gasteiger partial charge in [0.25, 0.3) is 10.0 Å². The van der Waals surface area contributed by atoms with Crippen molar-refractivity contribution in [2.24, 2.45) is 12.8 Å². The zero-order valence-electron chi connectivity index (χ0n) is 22.0. The van der Waals surface area contributed by atoms with Gasteiger partial charge >= 0.3 is 5.97 Å². The van der Waals surface area contributed by atoms with E-state index in [0.29, 0.717) is 28.4 Å². The lowest BCUT2D eigenvalue weighted by molar-refractivity contribution is -0.141. The second-order valence-electron chi connectivity index (χ2n) is 9.20.